The van der Waals surface area contributed by atoms with E-state index >= 15 is 0 Å². The van der Waals surface area contributed by atoms with Gasteiger partial charge in [0.1, 0.15) is 29.8 Å². The Hall–Kier alpha value is -4.11. The van der Waals surface area contributed by atoms with Crippen LogP contribution in [-0.4, -0.2) is 25.0 Å². The summed E-state index contributed by atoms with van der Waals surface area (Å²) in [6, 6.07) is 24.5. The lowest BCUT2D eigenvalue weighted by molar-refractivity contribution is -0.121. The summed E-state index contributed by atoms with van der Waals surface area (Å²) in [5.41, 5.74) is 0.718. The molecule has 3 aromatic rings. The maximum atomic E-state index is 12.6. The third-order valence-corrected chi connectivity index (χ3v) is 4.37. The first-order chi connectivity index (χ1) is 15.1. The number of rotatable bonds is 9. The molecule has 0 saturated carbocycles. The molecule has 0 aliphatic carbocycles. The van der Waals surface area contributed by atoms with Crippen LogP contribution in [0.4, 0.5) is 0 Å². The van der Waals surface area contributed by atoms with Crippen LogP contribution >= 0.6 is 0 Å². The second-order valence-corrected chi connectivity index (χ2v) is 6.55. The van der Waals surface area contributed by atoms with Gasteiger partial charge in [-0.05, 0) is 61.0 Å². The largest absolute Gasteiger partial charge is 0.486 e. The third-order valence-electron chi connectivity index (χ3n) is 4.37. The van der Waals surface area contributed by atoms with Crippen molar-refractivity contribution in [2.24, 2.45) is 0 Å². The highest BCUT2D eigenvalue weighted by Crippen LogP contribution is 2.24. The summed E-state index contributed by atoms with van der Waals surface area (Å²) in [5.74, 6) is -0.125. The highest BCUT2D eigenvalue weighted by molar-refractivity contribution is 5.92. The number of benzene rings is 3. The van der Waals surface area contributed by atoms with Crippen LogP contribution in [0.25, 0.3) is 0 Å². The minimum absolute atomic E-state index is 0.243. The Balaban J connectivity index is 1.61. The van der Waals surface area contributed by atoms with Crippen LogP contribution in [0.3, 0.4) is 0 Å². The van der Waals surface area contributed by atoms with E-state index in [1.807, 2.05) is 36.4 Å². The van der Waals surface area contributed by atoms with Gasteiger partial charge < -0.3 is 14.2 Å². The molecule has 0 aliphatic heterocycles. The Morgan fingerprint density at radius 3 is 2.26 bits per heavy atom. The standard InChI is InChI=1S/C25H21NO5/c1-2-29-25(28)19-8-6-7-18(15-19)23(16-26)24(27)17-30-20-11-13-22(14-12-20)31-21-9-4-3-5-10-21/h3-15,23H,2,17H2,1H3. The molecule has 0 heterocycles. The fourth-order valence-electron chi connectivity index (χ4n) is 2.86. The molecule has 0 radical (unpaired) electrons. The highest BCUT2D eigenvalue weighted by Gasteiger charge is 2.22. The predicted octanol–water partition coefficient (Wildman–Crippen LogP) is 4.91. The number of esters is 1. The zero-order chi connectivity index (χ0) is 22.1. The molecule has 0 saturated heterocycles. The summed E-state index contributed by atoms with van der Waals surface area (Å²) in [6.45, 7) is 1.68. The number of carbonyl (C=O) groups excluding carboxylic acids is 2. The molecule has 0 bridgehead atoms. The van der Waals surface area contributed by atoms with Gasteiger partial charge in [-0.3, -0.25) is 4.79 Å². The van der Waals surface area contributed by atoms with Gasteiger partial charge in [-0.1, -0.05) is 30.3 Å². The van der Waals surface area contributed by atoms with Crippen LogP contribution in [0.2, 0.25) is 0 Å². The lowest BCUT2D eigenvalue weighted by atomic mass is 9.95. The average molecular weight is 415 g/mol. The number of hydrogen-bond donors (Lipinski definition) is 0. The van der Waals surface area contributed by atoms with Gasteiger partial charge in [0.2, 0.25) is 0 Å². The van der Waals surface area contributed by atoms with Crippen molar-refractivity contribution in [1.82, 2.24) is 0 Å². The quantitative estimate of drug-likeness (QED) is 0.462. The molecule has 3 rings (SSSR count). The number of Topliss-reactive ketones (excluding diaryl/α,β-unsaturated/α-hetero) is 1. The monoisotopic (exact) mass is 415 g/mol. The van der Waals surface area contributed by atoms with Crippen LogP contribution in [-0.2, 0) is 9.53 Å². The molecule has 0 fully saturated rings. The highest BCUT2D eigenvalue weighted by atomic mass is 16.5. The Labute approximate surface area is 180 Å². The number of nitrogens with zero attached hydrogens (tertiary/aromatic N) is 1. The van der Waals surface area contributed by atoms with E-state index in [9.17, 15) is 14.9 Å². The van der Waals surface area contributed by atoms with Gasteiger partial charge in [0.25, 0.3) is 0 Å². The molecule has 0 N–H and O–H groups in total. The lowest BCUT2D eigenvalue weighted by Crippen LogP contribution is -2.19. The fraction of sp³-hybridized carbons (Fsp3) is 0.160. The van der Waals surface area contributed by atoms with E-state index in [4.69, 9.17) is 14.2 Å². The summed E-state index contributed by atoms with van der Waals surface area (Å²) < 4.78 is 16.2. The van der Waals surface area contributed by atoms with Crippen LogP contribution in [0.1, 0.15) is 28.8 Å². The van der Waals surface area contributed by atoms with Gasteiger partial charge >= 0.3 is 5.97 Å². The van der Waals surface area contributed by atoms with Crippen molar-refractivity contribution in [3.8, 4) is 23.3 Å². The normalized spacial score (nSPS) is 11.1. The molecule has 0 aromatic heterocycles. The van der Waals surface area contributed by atoms with E-state index in [0.717, 1.165) is 0 Å². The van der Waals surface area contributed by atoms with Crippen molar-refractivity contribution in [1.29, 1.82) is 5.26 Å². The molecular formula is C25H21NO5. The Bertz CT molecular complexity index is 1070. The summed E-state index contributed by atoms with van der Waals surface area (Å²) in [4.78, 5) is 24.5. The number of ether oxygens (including phenoxy) is 3. The van der Waals surface area contributed by atoms with Crippen LogP contribution in [0, 0.1) is 11.3 Å². The molecule has 1 unspecified atom stereocenters. The van der Waals surface area contributed by atoms with Crippen molar-refractivity contribution in [3.63, 3.8) is 0 Å². The first-order valence-corrected chi connectivity index (χ1v) is 9.76. The van der Waals surface area contributed by atoms with Gasteiger partial charge in [0, 0.05) is 0 Å². The summed E-state index contributed by atoms with van der Waals surface area (Å²) in [5, 5.41) is 9.50. The molecule has 0 amide bonds. The maximum absolute atomic E-state index is 12.6. The van der Waals surface area contributed by atoms with Gasteiger partial charge in [-0.15, -0.1) is 0 Å². The second kappa shape index (κ2) is 10.6. The van der Waals surface area contributed by atoms with Crippen molar-refractivity contribution < 1.29 is 23.8 Å². The van der Waals surface area contributed by atoms with E-state index in [-0.39, 0.29) is 13.2 Å². The van der Waals surface area contributed by atoms with Crippen LogP contribution in [0.15, 0.2) is 78.9 Å². The molecule has 0 spiro atoms. The van der Waals surface area contributed by atoms with Crippen molar-refractivity contribution in [2.45, 2.75) is 12.8 Å². The Morgan fingerprint density at radius 2 is 1.58 bits per heavy atom. The number of hydrogen-bond acceptors (Lipinski definition) is 6. The van der Waals surface area contributed by atoms with E-state index in [1.165, 1.54) is 6.07 Å². The van der Waals surface area contributed by atoms with Crippen molar-refractivity contribution >= 4 is 11.8 Å². The summed E-state index contributed by atoms with van der Waals surface area (Å²) >= 11 is 0. The first-order valence-electron chi connectivity index (χ1n) is 9.76. The maximum Gasteiger partial charge on any atom is 0.338 e. The lowest BCUT2D eigenvalue weighted by Gasteiger charge is -2.12. The summed E-state index contributed by atoms with van der Waals surface area (Å²) in [6.07, 6.45) is 0. The van der Waals surface area contributed by atoms with E-state index < -0.39 is 17.7 Å². The topological polar surface area (TPSA) is 85.6 Å². The van der Waals surface area contributed by atoms with E-state index in [0.29, 0.717) is 28.4 Å². The molecular weight excluding hydrogens is 394 g/mol. The Morgan fingerprint density at radius 1 is 0.903 bits per heavy atom. The average Bonchev–Trinajstić information content (AvgIpc) is 2.80. The fourth-order valence-corrected chi connectivity index (χ4v) is 2.86. The minimum atomic E-state index is -1.05. The number of carbonyl (C=O) groups is 2. The second-order valence-electron chi connectivity index (χ2n) is 6.55. The zero-order valence-electron chi connectivity index (χ0n) is 17.0. The number of ketones is 1. The minimum Gasteiger partial charge on any atom is -0.486 e. The molecule has 31 heavy (non-hydrogen) atoms. The third kappa shape index (κ3) is 5.94. The zero-order valence-corrected chi connectivity index (χ0v) is 17.0. The van der Waals surface area contributed by atoms with Crippen LogP contribution in [0.5, 0.6) is 17.2 Å². The van der Waals surface area contributed by atoms with Gasteiger partial charge in [-0.2, -0.15) is 5.26 Å². The van der Waals surface area contributed by atoms with Gasteiger partial charge in [0.15, 0.2) is 5.78 Å². The SMILES string of the molecule is CCOC(=O)c1cccc(C(C#N)C(=O)COc2ccc(Oc3ccccc3)cc2)c1. The number of nitriles is 1. The number of para-hydroxylation sites is 1. The smallest absolute Gasteiger partial charge is 0.338 e. The molecule has 6 nitrogen and oxygen atoms in total. The molecule has 156 valence electrons. The van der Waals surface area contributed by atoms with Gasteiger partial charge in [-0.25, -0.2) is 4.79 Å². The van der Waals surface area contributed by atoms with E-state index in [1.54, 1.807) is 49.4 Å². The molecule has 1 atom stereocenters. The van der Waals surface area contributed by atoms with Crippen LogP contribution < -0.4 is 9.47 Å². The molecule has 0 aliphatic rings. The van der Waals surface area contributed by atoms with E-state index in [2.05, 4.69) is 0 Å². The van der Waals surface area contributed by atoms with Crippen molar-refractivity contribution in [2.75, 3.05) is 13.2 Å². The first kappa shape index (κ1) is 21.6. The molecule has 3 aromatic carbocycles. The van der Waals surface area contributed by atoms with Gasteiger partial charge in [0.05, 0.1) is 18.2 Å². The Kier molecular flexibility index (Phi) is 7.39. The predicted molar refractivity (Wildman–Crippen MR) is 114 cm³/mol. The molecule has 6 heteroatoms. The summed E-state index contributed by atoms with van der Waals surface area (Å²) in [7, 11) is 0. The van der Waals surface area contributed by atoms with Crippen molar-refractivity contribution in [3.05, 3.63) is 90.0 Å².